The van der Waals surface area contributed by atoms with Gasteiger partial charge in [0.25, 0.3) is 0 Å². The van der Waals surface area contributed by atoms with Crippen LogP contribution in [0.15, 0.2) is 36.0 Å². The number of sulfone groups is 1. The Hall–Kier alpha value is -2.40. The zero-order valence-electron chi connectivity index (χ0n) is 18.2. The van der Waals surface area contributed by atoms with Crippen molar-refractivity contribution in [3.05, 3.63) is 48.1 Å². The number of nitrogens with zero attached hydrogens (tertiary/aromatic N) is 4. The van der Waals surface area contributed by atoms with Crippen molar-refractivity contribution in [1.82, 2.24) is 19.7 Å². The number of hydrogen-bond donors (Lipinski definition) is 0. The smallest absolute Gasteiger partial charge is 0.233 e. The van der Waals surface area contributed by atoms with E-state index in [-0.39, 0.29) is 41.4 Å². The van der Waals surface area contributed by atoms with Gasteiger partial charge in [-0.25, -0.2) is 12.8 Å². The van der Waals surface area contributed by atoms with Gasteiger partial charge in [0.2, 0.25) is 5.91 Å². The third-order valence-corrected chi connectivity index (χ3v) is 8.02. The second-order valence-electron chi connectivity index (χ2n) is 7.51. The Balaban J connectivity index is 1.67. The number of thioether (sulfide) groups is 1. The van der Waals surface area contributed by atoms with Crippen molar-refractivity contribution < 1.29 is 22.3 Å². The zero-order valence-corrected chi connectivity index (χ0v) is 19.8. The number of rotatable bonds is 10. The molecule has 32 heavy (non-hydrogen) atoms. The largest absolute Gasteiger partial charge is 0.494 e. The van der Waals surface area contributed by atoms with E-state index in [1.165, 1.54) is 24.9 Å². The van der Waals surface area contributed by atoms with E-state index in [4.69, 9.17) is 4.74 Å². The average molecular weight is 483 g/mol. The molecule has 174 valence electrons. The summed E-state index contributed by atoms with van der Waals surface area (Å²) < 4.78 is 44.4. The molecule has 0 radical (unpaired) electrons. The molecule has 1 unspecified atom stereocenters. The van der Waals surface area contributed by atoms with Gasteiger partial charge in [-0.05, 0) is 31.0 Å². The van der Waals surface area contributed by atoms with Gasteiger partial charge in [0.05, 0.1) is 24.4 Å². The van der Waals surface area contributed by atoms with E-state index in [0.717, 1.165) is 0 Å². The molecule has 0 N–H and O–H groups in total. The number of carbonyl (C=O) groups is 1. The van der Waals surface area contributed by atoms with Crippen LogP contribution in [0.5, 0.6) is 5.75 Å². The van der Waals surface area contributed by atoms with Crippen molar-refractivity contribution in [2.75, 3.05) is 30.9 Å². The van der Waals surface area contributed by atoms with Gasteiger partial charge in [0, 0.05) is 25.6 Å². The van der Waals surface area contributed by atoms with Crippen molar-refractivity contribution in [2.24, 2.45) is 0 Å². The van der Waals surface area contributed by atoms with E-state index in [1.54, 1.807) is 23.1 Å². The molecule has 1 aliphatic rings. The molecule has 11 heteroatoms. The lowest BCUT2D eigenvalue weighted by Crippen LogP contribution is -2.31. The minimum absolute atomic E-state index is 0.0634. The summed E-state index contributed by atoms with van der Waals surface area (Å²) in [6.45, 7) is 6.80. The Labute approximate surface area is 191 Å². The quantitative estimate of drug-likeness (QED) is 0.380. The number of halogens is 1. The summed E-state index contributed by atoms with van der Waals surface area (Å²) in [4.78, 5) is 14.4. The SMILES string of the molecule is C=CCn1c(SCC(=O)N(CC)Cc2ccc(OC)c(F)c2)nnc1C1CCS(=O)(=O)C1. The third kappa shape index (κ3) is 5.69. The van der Waals surface area contributed by atoms with E-state index >= 15 is 0 Å². The van der Waals surface area contributed by atoms with Crippen LogP contribution in [0.2, 0.25) is 0 Å². The molecule has 1 saturated heterocycles. The van der Waals surface area contributed by atoms with Crippen LogP contribution >= 0.6 is 11.8 Å². The first kappa shape index (κ1) is 24.2. The maximum Gasteiger partial charge on any atom is 0.233 e. The molecule has 1 aromatic carbocycles. The highest BCUT2D eigenvalue weighted by atomic mass is 32.2. The average Bonchev–Trinajstić information content (AvgIpc) is 3.33. The van der Waals surface area contributed by atoms with E-state index in [9.17, 15) is 17.6 Å². The molecule has 1 atom stereocenters. The second-order valence-corrected chi connectivity index (χ2v) is 10.7. The summed E-state index contributed by atoms with van der Waals surface area (Å²) in [5.41, 5.74) is 0.669. The fourth-order valence-electron chi connectivity index (χ4n) is 3.63. The normalized spacial score (nSPS) is 17.3. The molecule has 1 amide bonds. The topological polar surface area (TPSA) is 94.4 Å². The summed E-state index contributed by atoms with van der Waals surface area (Å²) in [5, 5.41) is 8.96. The van der Waals surface area contributed by atoms with Crippen LogP contribution in [0, 0.1) is 5.82 Å². The molecule has 2 heterocycles. The van der Waals surface area contributed by atoms with Gasteiger partial charge in [0.1, 0.15) is 5.82 Å². The fraction of sp³-hybridized carbons (Fsp3) is 0.476. The highest BCUT2D eigenvalue weighted by Crippen LogP contribution is 2.30. The lowest BCUT2D eigenvalue weighted by molar-refractivity contribution is -0.128. The van der Waals surface area contributed by atoms with Crippen LogP contribution in [0.4, 0.5) is 4.39 Å². The van der Waals surface area contributed by atoms with Crippen molar-refractivity contribution in [3.63, 3.8) is 0 Å². The zero-order chi connectivity index (χ0) is 23.3. The Morgan fingerprint density at radius 1 is 1.44 bits per heavy atom. The summed E-state index contributed by atoms with van der Waals surface area (Å²) in [6.07, 6.45) is 2.21. The molecular weight excluding hydrogens is 455 g/mol. The lowest BCUT2D eigenvalue weighted by Gasteiger charge is -2.21. The van der Waals surface area contributed by atoms with Crippen LogP contribution < -0.4 is 4.74 Å². The molecule has 0 bridgehead atoms. The van der Waals surface area contributed by atoms with Gasteiger partial charge in [-0.3, -0.25) is 4.79 Å². The molecule has 1 aliphatic heterocycles. The number of ether oxygens (including phenoxy) is 1. The summed E-state index contributed by atoms with van der Waals surface area (Å²) >= 11 is 1.24. The first-order chi connectivity index (χ1) is 15.3. The van der Waals surface area contributed by atoms with Crippen molar-refractivity contribution in [1.29, 1.82) is 0 Å². The maximum atomic E-state index is 14.0. The Kier molecular flexibility index (Phi) is 7.94. The maximum absolute atomic E-state index is 14.0. The van der Waals surface area contributed by atoms with Gasteiger partial charge >= 0.3 is 0 Å². The molecule has 0 saturated carbocycles. The molecule has 1 fully saturated rings. The van der Waals surface area contributed by atoms with Crippen molar-refractivity contribution in [2.45, 2.75) is 37.5 Å². The number of benzene rings is 1. The molecular formula is C21H27FN4O4S2. The highest BCUT2D eigenvalue weighted by molar-refractivity contribution is 7.99. The molecule has 1 aromatic heterocycles. The van der Waals surface area contributed by atoms with Gasteiger partial charge in [-0.1, -0.05) is 23.9 Å². The predicted octanol–water partition coefficient (Wildman–Crippen LogP) is 2.65. The predicted molar refractivity (Wildman–Crippen MR) is 121 cm³/mol. The van der Waals surface area contributed by atoms with Crippen LogP contribution in [0.25, 0.3) is 0 Å². The van der Waals surface area contributed by atoms with Gasteiger partial charge < -0.3 is 14.2 Å². The van der Waals surface area contributed by atoms with E-state index < -0.39 is 15.7 Å². The molecule has 0 spiro atoms. The Morgan fingerprint density at radius 3 is 2.81 bits per heavy atom. The first-order valence-electron chi connectivity index (χ1n) is 10.2. The number of allylic oxidation sites excluding steroid dienone is 1. The van der Waals surface area contributed by atoms with Crippen LogP contribution in [-0.4, -0.2) is 64.9 Å². The van der Waals surface area contributed by atoms with E-state index in [0.29, 0.717) is 36.1 Å². The van der Waals surface area contributed by atoms with Crippen molar-refractivity contribution in [3.8, 4) is 5.75 Å². The highest BCUT2D eigenvalue weighted by Gasteiger charge is 2.33. The van der Waals surface area contributed by atoms with E-state index in [1.807, 2.05) is 11.5 Å². The summed E-state index contributed by atoms with van der Waals surface area (Å²) in [5.74, 6) is 0.326. The molecule has 2 aromatic rings. The second kappa shape index (κ2) is 10.5. The van der Waals surface area contributed by atoms with Crippen LogP contribution in [-0.2, 0) is 27.7 Å². The Bertz CT molecular complexity index is 1090. The minimum atomic E-state index is -3.05. The lowest BCUT2D eigenvalue weighted by atomic mass is 10.1. The number of aromatic nitrogens is 3. The number of hydrogen-bond acceptors (Lipinski definition) is 7. The van der Waals surface area contributed by atoms with E-state index in [2.05, 4.69) is 16.8 Å². The number of carbonyl (C=O) groups excluding carboxylic acids is 1. The Morgan fingerprint density at radius 2 is 2.22 bits per heavy atom. The van der Waals surface area contributed by atoms with Crippen molar-refractivity contribution >= 4 is 27.5 Å². The molecule has 3 rings (SSSR count). The van der Waals surface area contributed by atoms with Crippen LogP contribution in [0.1, 0.15) is 30.7 Å². The fourth-order valence-corrected chi connectivity index (χ4v) is 6.23. The van der Waals surface area contributed by atoms with Crippen LogP contribution in [0.3, 0.4) is 0 Å². The van der Waals surface area contributed by atoms with Gasteiger partial charge in [-0.15, -0.1) is 16.8 Å². The van der Waals surface area contributed by atoms with Gasteiger partial charge in [-0.2, -0.15) is 0 Å². The number of amides is 1. The third-order valence-electron chi connectivity index (χ3n) is 5.30. The molecule has 0 aliphatic carbocycles. The minimum Gasteiger partial charge on any atom is -0.494 e. The number of methoxy groups -OCH3 is 1. The van der Waals surface area contributed by atoms with Gasteiger partial charge in [0.15, 0.2) is 26.6 Å². The monoisotopic (exact) mass is 482 g/mol. The summed E-state index contributed by atoms with van der Waals surface area (Å²) in [7, 11) is -1.65. The molecule has 8 nitrogen and oxygen atoms in total. The summed E-state index contributed by atoms with van der Waals surface area (Å²) in [6, 6.07) is 4.64. The standard InChI is InChI=1S/C21H27FN4O4S2/c1-4-9-26-20(16-8-10-32(28,29)14-16)23-24-21(26)31-13-19(27)25(5-2)12-15-6-7-18(30-3)17(22)11-15/h4,6-7,11,16H,1,5,8-10,12-14H2,2-3H3. The first-order valence-corrected chi connectivity index (χ1v) is 13.1.